The van der Waals surface area contributed by atoms with E-state index in [0.717, 1.165) is 34.2 Å². The summed E-state index contributed by atoms with van der Waals surface area (Å²) in [6, 6.07) is 6.15. The lowest BCUT2D eigenvalue weighted by atomic mass is 10.3. The molecule has 88 valence electrons. The monoisotopic (exact) mass is 292 g/mol. The highest BCUT2D eigenvalue weighted by Gasteiger charge is 2.07. The third-order valence-corrected chi connectivity index (χ3v) is 3.35. The number of aromatic nitrogens is 3. The van der Waals surface area contributed by atoms with Crippen molar-refractivity contribution in [1.29, 1.82) is 0 Å². The Morgan fingerprint density at radius 3 is 3.18 bits per heavy atom. The number of likely N-dealkylation sites (N-methyl/N-ethyl adjacent to an activating group) is 1. The van der Waals surface area contributed by atoms with Crippen LogP contribution in [0.15, 0.2) is 28.9 Å². The van der Waals surface area contributed by atoms with Gasteiger partial charge in [0.15, 0.2) is 0 Å². The number of nitrogens with one attached hydrogen (secondary N) is 2. The molecule has 2 aromatic heterocycles. The number of H-pyrrole nitrogens is 1. The number of aromatic amines is 1. The lowest BCUT2D eigenvalue weighted by molar-refractivity contribution is 0.780. The van der Waals surface area contributed by atoms with Crippen molar-refractivity contribution in [2.24, 2.45) is 0 Å². The summed E-state index contributed by atoms with van der Waals surface area (Å²) in [6.45, 7) is 0.965. The summed E-state index contributed by atoms with van der Waals surface area (Å²) < 4.78 is 3.16. The van der Waals surface area contributed by atoms with Crippen molar-refractivity contribution in [2.75, 3.05) is 13.6 Å². The summed E-state index contributed by atoms with van der Waals surface area (Å²) in [5.41, 5.74) is 3.34. The van der Waals surface area contributed by atoms with Gasteiger partial charge in [-0.15, -0.1) is 0 Å². The highest BCUT2D eigenvalue weighted by molar-refractivity contribution is 9.10. The van der Waals surface area contributed by atoms with Gasteiger partial charge in [-0.1, -0.05) is 15.9 Å². The van der Waals surface area contributed by atoms with Gasteiger partial charge in [0.25, 0.3) is 0 Å². The second-order valence-electron chi connectivity index (χ2n) is 4.07. The second kappa shape index (κ2) is 4.16. The van der Waals surface area contributed by atoms with E-state index in [4.69, 9.17) is 0 Å². The molecule has 0 amide bonds. The normalized spacial score (nSPS) is 11.6. The van der Waals surface area contributed by atoms with Gasteiger partial charge < -0.3 is 10.3 Å². The van der Waals surface area contributed by atoms with Gasteiger partial charge in [0.1, 0.15) is 0 Å². The largest absolute Gasteiger partial charge is 0.327 e. The number of hydrogen-bond donors (Lipinski definition) is 2. The van der Waals surface area contributed by atoms with E-state index in [1.807, 2.05) is 19.2 Å². The third kappa shape index (κ3) is 1.85. The fourth-order valence-corrected chi connectivity index (χ4v) is 2.36. The quantitative estimate of drug-likeness (QED) is 0.778. The molecule has 0 unspecified atom stereocenters. The van der Waals surface area contributed by atoms with Crippen LogP contribution < -0.4 is 5.32 Å². The Bertz CT molecular complexity index is 668. The second-order valence-corrected chi connectivity index (χ2v) is 4.99. The molecule has 0 saturated heterocycles. The first kappa shape index (κ1) is 10.8. The maximum Gasteiger partial charge on any atom is 0.212 e. The Kier molecular flexibility index (Phi) is 2.64. The molecule has 17 heavy (non-hydrogen) atoms. The van der Waals surface area contributed by atoms with Crippen molar-refractivity contribution in [1.82, 2.24) is 19.7 Å². The van der Waals surface area contributed by atoms with Crippen LogP contribution in [-0.2, 0) is 6.42 Å². The van der Waals surface area contributed by atoms with Crippen LogP contribution in [0, 0.1) is 0 Å². The first-order chi connectivity index (χ1) is 8.28. The number of nitrogens with zero attached hydrogens (tertiary/aromatic N) is 2. The molecular weight excluding hydrogens is 280 g/mol. The minimum atomic E-state index is 0.907. The van der Waals surface area contributed by atoms with E-state index in [-0.39, 0.29) is 0 Å². The van der Waals surface area contributed by atoms with Crippen molar-refractivity contribution in [2.45, 2.75) is 6.42 Å². The van der Waals surface area contributed by atoms with Crippen LogP contribution in [0.3, 0.4) is 0 Å². The van der Waals surface area contributed by atoms with Crippen LogP contribution >= 0.6 is 15.9 Å². The Balaban J connectivity index is 2.11. The summed E-state index contributed by atoms with van der Waals surface area (Å²) in [5, 5.41) is 3.14. The molecule has 0 spiro atoms. The number of rotatable bonds is 3. The molecule has 3 rings (SSSR count). The molecule has 0 aliphatic heterocycles. The van der Waals surface area contributed by atoms with Crippen molar-refractivity contribution in [3.63, 3.8) is 0 Å². The summed E-state index contributed by atoms with van der Waals surface area (Å²) in [6.07, 6.45) is 3.10. The molecule has 5 heteroatoms. The fourth-order valence-electron chi connectivity index (χ4n) is 2.01. The van der Waals surface area contributed by atoms with Gasteiger partial charge in [0, 0.05) is 29.3 Å². The molecule has 0 aliphatic carbocycles. The minimum absolute atomic E-state index is 0.907. The maximum absolute atomic E-state index is 4.56. The number of fused-ring (bicyclic) bond motifs is 3. The molecule has 0 aliphatic rings. The fraction of sp³-hybridized carbons (Fsp3) is 0.250. The van der Waals surface area contributed by atoms with Crippen LogP contribution in [0.5, 0.6) is 0 Å². The zero-order valence-corrected chi connectivity index (χ0v) is 11.1. The van der Waals surface area contributed by atoms with E-state index in [2.05, 4.69) is 47.9 Å². The van der Waals surface area contributed by atoms with Crippen LogP contribution in [0.25, 0.3) is 16.8 Å². The molecule has 0 bridgehead atoms. The predicted molar refractivity (Wildman–Crippen MR) is 72.4 cm³/mol. The predicted octanol–water partition coefficient (Wildman–Crippen LogP) is 2.34. The average molecular weight is 293 g/mol. The molecule has 0 fully saturated rings. The smallest absolute Gasteiger partial charge is 0.212 e. The van der Waals surface area contributed by atoms with Gasteiger partial charge in [-0.05, 0) is 25.2 Å². The lowest BCUT2D eigenvalue weighted by Crippen LogP contribution is -2.10. The molecular formula is C12H13BrN4. The van der Waals surface area contributed by atoms with Crippen molar-refractivity contribution in [3.05, 3.63) is 34.6 Å². The van der Waals surface area contributed by atoms with Gasteiger partial charge in [-0.3, -0.25) is 4.40 Å². The number of halogens is 1. The SMILES string of the molecule is CNCCc1cn2c(nc3cc(Br)ccc32)[nH]1. The van der Waals surface area contributed by atoms with E-state index >= 15 is 0 Å². The van der Waals surface area contributed by atoms with Crippen molar-refractivity contribution < 1.29 is 0 Å². The van der Waals surface area contributed by atoms with E-state index in [9.17, 15) is 0 Å². The van der Waals surface area contributed by atoms with E-state index < -0.39 is 0 Å². The number of imidazole rings is 2. The van der Waals surface area contributed by atoms with Crippen LogP contribution in [-0.4, -0.2) is 28.0 Å². The first-order valence-electron chi connectivity index (χ1n) is 5.58. The molecule has 3 aromatic rings. The Labute approximate surface area is 107 Å². The lowest BCUT2D eigenvalue weighted by Gasteiger charge is -1.95. The Morgan fingerprint density at radius 1 is 1.47 bits per heavy atom. The topological polar surface area (TPSA) is 45.1 Å². The van der Waals surface area contributed by atoms with Gasteiger partial charge in [-0.25, -0.2) is 4.98 Å². The van der Waals surface area contributed by atoms with E-state index in [0.29, 0.717) is 0 Å². The standard InChI is InChI=1S/C12H13BrN4/c1-14-5-4-9-7-17-11-3-2-8(13)6-10(11)16-12(17)15-9/h2-3,6-7,14H,4-5H2,1H3,(H,15,16). The van der Waals surface area contributed by atoms with E-state index in [1.54, 1.807) is 0 Å². The molecule has 0 atom stereocenters. The highest BCUT2D eigenvalue weighted by Crippen LogP contribution is 2.21. The highest BCUT2D eigenvalue weighted by atomic mass is 79.9. The zero-order chi connectivity index (χ0) is 11.8. The summed E-state index contributed by atoms with van der Waals surface area (Å²) >= 11 is 3.46. The third-order valence-electron chi connectivity index (χ3n) is 2.85. The summed E-state index contributed by atoms with van der Waals surface area (Å²) in [5.74, 6) is 0.907. The number of hydrogen-bond acceptors (Lipinski definition) is 2. The molecule has 2 N–H and O–H groups in total. The molecule has 0 saturated carbocycles. The van der Waals surface area contributed by atoms with Crippen LogP contribution in [0.1, 0.15) is 5.69 Å². The minimum Gasteiger partial charge on any atom is -0.327 e. The summed E-state index contributed by atoms with van der Waals surface area (Å²) in [4.78, 5) is 7.90. The van der Waals surface area contributed by atoms with Gasteiger partial charge >= 0.3 is 0 Å². The molecule has 4 nitrogen and oxygen atoms in total. The van der Waals surface area contributed by atoms with Crippen LogP contribution in [0.4, 0.5) is 0 Å². The molecule has 2 heterocycles. The maximum atomic E-state index is 4.56. The van der Waals surface area contributed by atoms with E-state index in [1.165, 1.54) is 5.69 Å². The van der Waals surface area contributed by atoms with Gasteiger partial charge in [-0.2, -0.15) is 0 Å². The molecule has 0 radical (unpaired) electrons. The van der Waals surface area contributed by atoms with Crippen molar-refractivity contribution in [3.8, 4) is 0 Å². The Morgan fingerprint density at radius 2 is 2.35 bits per heavy atom. The van der Waals surface area contributed by atoms with Crippen molar-refractivity contribution >= 4 is 32.7 Å². The van der Waals surface area contributed by atoms with Gasteiger partial charge in [0.2, 0.25) is 5.78 Å². The molecule has 1 aromatic carbocycles. The van der Waals surface area contributed by atoms with Gasteiger partial charge in [0.05, 0.1) is 11.0 Å². The first-order valence-corrected chi connectivity index (χ1v) is 6.37. The summed E-state index contributed by atoms with van der Waals surface area (Å²) in [7, 11) is 1.96. The average Bonchev–Trinajstić information content (AvgIpc) is 2.82. The number of benzene rings is 1. The zero-order valence-electron chi connectivity index (χ0n) is 9.50. The van der Waals surface area contributed by atoms with Crippen LogP contribution in [0.2, 0.25) is 0 Å². The Hall–Kier alpha value is -1.33.